The van der Waals surface area contributed by atoms with Crippen molar-refractivity contribution in [1.82, 2.24) is 9.88 Å². The number of ether oxygens (including phenoxy) is 2. The monoisotopic (exact) mass is 376 g/mol. The van der Waals surface area contributed by atoms with Crippen LogP contribution in [0.3, 0.4) is 0 Å². The maximum Gasteiger partial charge on any atom is 0.231 e. The summed E-state index contributed by atoms with van der Waals surface area (Å²) >= 11 is 0. The third-order valence-electron chi connectivity index (χ3n) is 5.31. The standard InChI is InChI=1S/C22H20N2O4/c25-19-6-5-16-21(26)20(11-14-12-23-18-4-2-1-3-15(14)18)28-22(16)17(19)13-24-7-9-27-10-8-24/h1-6,11-12,23,25H,7-10,13H2/b20-11+. The van der Waals surface area contributed by atoms with E-state index in [1.54, 1.807) is 18.2 Å². The Balaban J connectivity index is 1.50. The SMILES string of the molecule is O=C1/C(=C\c2c[nH]c3ccccc23)Oc2c1ccc(O)c2CN1CCOCC1. The molecule has 0 aliphatic carbocycles. The summed E-state index contributed by atoms with van der Waals surface area (Å²) in [4.78, 5) is 18.3. The Morgan fingerprint density at radius 2 is 1.96 bits per heavy atom. The Morgan fingerprint density at radius 3 is 2.82 bits per heavy atom. The summed E-state index contributed by atoms with van der Waals surface area (Å²) in [6.45, 7) is 3.43. The fraction of sp³-hybridized carbons (Fsp3) is 0.227. The van der Waals surface area contributed by atoms with Gasteiger partial charge in [0.05, 0.1) is 24.3 Å². The summed E-state index contributed by atoms with van der Waals surface area (Å²) in [7, 11) is 0. The maximum atomic E-state index is 12.9. The summed E-state index contributed by atoms with van der Waals surface area (Å²) in [5, 5.41) is 11.4. The maximum absolute atomic E-state index is 12.9. The summed E-state index contributed by atoms with van der Waals surface area (Å²) < 4.78 is 11.4. The molecule has 1 saturated heterocycles. The number of ketones is 1. The number of allylic oxidation sites excluding steroid dienone is 1. The number of hydrogen-bond donors (Lipinski definition) is 2. The number of para-hydroxylation sites is 1. The first kappa shape index (κ1) is 17.0. The molecule has 6 heteroatoms. The highest BCUT2D eigenvalue weighted by Crippen LogP contribution is 2.40. The number of rotatable bonds is 3. The number of benzene rings is 2. The van der Waals surface area contributed by atoms with Crippen LogP contribution in [0, 0.1) is 0 Å². The highest BCUT2D eigenvalue weighted by Gasteiger charge is 2.32. The number of aromatic amines is 1. The van der Waals surface area contributed by atoms with Crippen molar-refractivity contribution in [3.63, 3.8) is 0 Å². The molecule has 6 nitrogen and oxygen atoms in total. The summed E-state index contributed by atoms with van der Waals surface area (Å²) in [5.74, 6) is 0.714. The predicted octanol–water partition coefficient (Wildman–Crippen LogP) is 3.32. The summed E-state index contributed by atoms with van der Waals surface area (Å²) in [6.07, 6.45) is 3.63. The molecule has 3 aromatic rings. The molecule has 3 heterocycles. The zero-order valence-corrected chi connectivity index (χ0v) is 15.3. The number of hydrogen-bond acceptors (Lipinski definition) is 5. The number of carbonyl (C=O) groups is 1. The van der Waals surface area contributed by atoms with Gasteiger partial charge in [-0.1, -0.05) is 18.2 Å². The van der Waals surface area contributed by atoms with E-state index < -0.39 is 0 Å². The molecule has 28 heavy (non-hydrogen) atoms. The number of H-pyrrole nitrogens is 1. The van der Waals surface area contributed by atoms with E-state index in [4.69, 9.17) is 9.47 Å². The number of carbonyl (C=O) groups excluding carboxylic acids is 1. The number of nitrogens with zero attached hydrogens (tertiary/aromatic N) is 1. The normalized spacial score (nSPS) is 18.6. The molecule has 0 saturated carbocycles. The average molecular weight is 376 g/mol. The van der Waals surface area contributed by atoms with Crippen LogP contribution in [0.1, 0.15) is 21.5 Å². The minimum Gasteiger partial charge on any atom is -0.507 e. The second-order valence-corrected chi connectivity index (χ2v) is 7.06. The van der Waals surface area contributed by atoms with Gasteiger partial charge in [0.15, 0.2) is 5.76 Å². The van der Waals surface area contributed by atoms with Crippen molar-refractivity contribution in [3.05, 3.63) is 65.0 Å². The molecule has 5 rings (SSSR count). The van der Waals surface area contributed by atoms with Crippen molar-refractivity contribution >= 4 is 22.8 Å². The van der Waals surface area contributed by atoms with E-state index in [0.717, 1.165) is 29.6 Å². The van der Waals surface area contributed by atoms with Gasteiger partial charge in [-0.05, 0) is 24.3 Å². The number of fused-ring (bicyclic) bond motifs is 2. The van der Waals surface area contributed by atoms with Gasteiger partial charge in [-0.2, -0.15) is 0 Å². The van der Waals surface area contributed by atoms with Gasteiger partial charge in [-0.25, -0.2) is 0 Å². The lowest BCUT2D eigenvalue weighted by Crippen LogP contribution is -2.35. The Labute approximate surface area is 162 Å². The van der Waals surface area contributed by atoms with E-state index in [1.807, 2.05) is 30.5 Å². The highest BCUT2D eigenvalue weighted by molar-refractivity contribution is 6.15. The van der Waals surface area contributed by atoms with Gasteiger partial charge in [0.1, 0.15) is 11.5 Å². The quantitative estimate of drug-likeness (QED) is 0.686. The fourth-order valence-electron chi connectivity index (χ4n) is 3.79. The van der Waals surface area contributed by atoms with Crippen LogP contribution in [0.5, 0.6) is 11.5 Å². The van der Waals surface area contributed by atoms with Crippen molar-refractivity contribution in [1.29, 1.82) is 0 Å². The van der Waals surface area contributed by atoms with Crippen molar-refractivity contribution in [3.8, 4) is 11.5 Å². The van der Waals surface area contributed by atoms with E-state index in [0.29, 0.717) is 36.6 Å². The lowest BCUT2D eigenvalue weighted by atomic mass is 10.0. The first-order valence-corrected chi connectivity index (χ1v) is 9.36. The number of phenols is 1. The van der Waals surface area contributed by atoms with Crippen LogP contribution in [-0.4, -0.2) is 47.1 Å². The summed E-state index contributed by atoms with van der Waals surface area (Å²) in [5.41, 5.74) is 3.04. The van der Waals surface area contributed by atoms with Gasteiger partial charge in [-0.3, -0.25) is 9.69 Å². The van der Waals surface area contributed by atoms with Crippen molar-refractivity contribution in [2.24, 2.45) is 0 Å². The average Bonchev–Trinajstić information content (AvgIpc) is 3.27. The van der Waals surface area contributed by atoms with E-state index in [1.165, 1.54) is 0 Å². The van der Waals surface area contributed by atoms with E-state index in [2.05, 4.69) is 9.88 Å². The number of aromatic nitrogens is 1. The molecule has 0 amide bonds. The minimum absolute atomic E-state index is 0.145. The van der Waals surface area contributed by atoms with Crippen molar-refractivity contribution in [2.75, 3.05) is 26.3 Å². The Hall–Kier alpha value is -3.09. The largest absolute Gasteiger partial charge is 0.507 e. The molecule has 1 fully saturated rings. The fourth-order valence-corrected chi connectivity index (χ4v) is 3.79. The predicted molar refractivity (Wildman–Crippen MR) is 105 cm³/mol. The lowest BCUT2D eigenvalue weighted by Gasteiger charge is -2.27. The molecule has 0 unspecified atom stereocenters. The van der Waals surface area contributed by atoms with Crippen LogP contribution in [0.4, 0.5) is 0 Å². The molecule has 2 aliphatic heterocycles. The van der Waals surface area contributed by atoms with Crippen LogP contribution in [-0.2, 0) is 11.3 Å². The zero-order chi connectivity index (χ0) is 19.1. The molecule has 142 valence electrons. The van der Waals surface area contributed by atoms with Gasteiger partial charge < -0.3 is 19.6 Å². The molecule has 2 N–H and O–H groups in total. The van der Waals surface area contributed by atoms with Gasteiger partial charge in [-0.15, -0.1) is 0 Å². The van der Waals surface area contributed by atoms with Crippen LogP contribution in [0.2, 0.25) is 0 Å². The summed E-state index contributed by atoms with van der Waals surface area (Å²) in [6, 6.07) is 11.1. The minimum atomic E-state index is -0.163. The van der Waals surface area contributed by atoms with Gasteiger partial charge >= 0.3 is 0 Å². The third-order valence-corrected chi connectivity index (χ3v) is 5.31. The second kappa shape index (κ2) is 6.82. The number of nitrogens with one attached hydrogen (secondary N) is 1. The molecule has 1 aromatic heterocycles. The van der Waals surface area contributed by atoms with Gasteiger partial charge in [0.2, 0.25) is 5.78 Å². The van der Waals surface area contributed by atoms with E-state index in [-0.39, 0.29) is 17.3 Å². The molecule has 0 bridgehead atoms. The van der Waals surface area contributed by atoms with Gasteiger partial charge in [0, 0.05) is 42.3 Å². The second-order valence-electron chi connectivity index (χ2n) is 7.06. The van der Waals surface area contributed by atoms with E-state index in [9.17, 15) is 9.90 Å². The van der Waals surface area contributed by atoms with Crippen molar-refractivity contribution < 1.29 is 19.4 Å². The highest BCUT2D eigenvalue weighted by atomic mass is 16.5. The van der Waals surface area contributed by atoms with Crippen LogP contribution in [0.25, 0.3) is 17.0 Å². The first-order chi connectivity index (χ1) is 13.7. The number of phenolic OH excluding ortho intramolecular Hbond substituents is 1. The molecule has 0 radical (unpaired) electrons. The molecule has 2 aliphatic rings. The molecule has 0 atom stereocenters. The van der Waals surface area contributed by atoms with Crippen LogP contribution >= 0.6 is 0 Å². The van der Waals surface area contributed by atoms with E-state index >= 15 is 0 Å². The Morgan fingerprint density at radius 1 is 1.14 bits per heavy atom. The molecular weight excluding hydrogens is 356 g/mol. The molecular formula is C22H20N2O4. The first-order valence-electron chi connectivity index (χ1n) is 9.36. The number of aromatic hydroxyl groups is 1. The Bertz CT molecular complexity index is 1090. The number of Topliss-reactive ketones (excluding diaryl/α,β-unsaturated/α-hetero) is 1. The number of morpholine rings is 1. The van der Waals surface area contributed by atoms with Crippen LogP contribution < -0.4 is 4.74 Å². The van der Waals surface area contributed by atoms with Gasteiger partial charge in [0.25, 0.3) is 0 Å². The zero-order valence-electron chi connectivity index (χ0n) is 15.3. The Kier molecular flexibility index (Phi) is 4.15. The molecule has 0 spiro atoms. The lowest BCUT2D eigenvalue weighted by molar-refractivity contribution is 0.0336. The van der Waals surface area contributed by atoms with Crippen LogP contribution in [0.15, 0.2) is 48.4 Å². The topological polar surface area (TPSA) is 74.8 Å². The third kappa shape index (κ3) is 2.87. The molecule has 2 aromatic carbocycles. The van der Waals surface area contributed by atoms with Crippen molar-refractivity contribution in [2.45, 2.75) is 6.54 Å². The smallest absolute Gasteiger partial charge is 0.231 e.